The SMILES string of the molecule is CN(C)C(=O)CN1CCCC2(CCN(Cc3ccc4c(c3)OCO4)C2)C1.O=C(O)C(F)(F)F. The first kappa shape index (κ1) is 25.1. The van der Waals surface area contributed by atoms with E-state index in [1.807, 2.05) is 20.2 Å². The van der Waals surface area contributed by atoms with Crippen molar-refractivity contribution in [3.63, 3.8) is 0 Å². The van der Waals surface area contributed by atoms with Crippen molar-refractivity contribution in [3.05, 3.63) is 23.8 Å². The van der Waals surface area contributed by atoms with Crippen molar-refractivity contribution >= 4 is 11.9 Å². The van der Waals surface area contributed by atoms with Gasteiger partial charge in [0.1, 0.15) is 0 Å². The number of benzene rings is 1. The first-order chi connectivity index (χ1) is 15.5. The van der Waals surface area contributed by atoms with Crippen molar-refractivity contribution in [2.45, 2.75) is 32.0 Å². The van der Waals surface area contributed by atoms with Crippen LogP contribution in [-0.2, 0) is 16.1 Å². The van der Waals surface area contributed by atoms with Gasteiger partial charge in [-0.25, -0.2) is 4.79 Å². The van der Waals surface area contributed by atoms with E-state index in [0.717, 1.165) is 44.2 Å². The molecule has 0 aromatic heterocycles. The highest BCUT2D eigenvalue weighted by atomic mass is 19.4. The number of fused-ring (bicyclic) bond motifs is 1. The summed E-state index contributed by atoms with van der Waals surface area (Å²) in [6, 6.07) is 6.26. The standard InChI is InChI=1S/C20H29N3O3.C2HF3O2/c1-21(2)19(24)12-22-8-3-6-20(13-22)7-9-23(14-20)11-16-4-5-17-18(10-16)26-15-25-17;3-2(4,5)1(6)7/h4-5,10H,3,6-9,11-15H2,1-2H3;(H,6,7). The van der Waals surface area contributed by atoms with Gasteiger partial charge in [0.2, 0.25) is 12.7 Å². The largest absolute Gasteiger partial charge is 0.490 e. The molecule has 0 radical (unpaired) electrons. The van der Waals surface area contributed by atoms with Crippen LogP contribution in [0.15, 0.2) is 18.2 Å². The van der Waals surface area contributed by atoms with Gasteiger partial charge in [-0.1, -0.05) is 6.07 Å². The number of nitrogens with zero attached hydrogens (tertiary/aromatic N) is 3. The molecule has 1 N–H and O–H groups in total. The number of aliphatic carboxylic acids is 1. The summed E-state index contributed by atoms with van der Waals surface area (Å²) in [6.45, 7) is 6.17. The van der Waals surface area contributed by atoms with Crippen molar-refractivity contribution in [1.29, 1.82) is 0 Å². The minimum absolute atomic E-state index is 0.206. The number of carboxylic acids is 1. The van der Waals surface area contributed by atoms with Crippen LogP contribution in [0, 0.1) is 5.41 Å². The molecule has 3 aliphatic rings. The average Bonchev–Trinajstić information content (AvgIpc) is 3.34. The number of carbonyl (C=O) groups is 2. The zero-order chi connectivity index (χ0) is 24.2. The molecule has 3 aliphatic heterocycles. The second kappa shape index (κ2) is 10.2. The predicted molar refractivity (Wildman–Crippen MR) is 113 cm³/mol. The molecule has 1 aromatic rings. The van der Waals surface area contributed by atoms with Gasteiger partial charge >= 0.3 is 12.1 Å². The van der Waals surface area contributed by atoms with Crippen molar-refractivity contribution in [2.24, 2.45) is 5.41 Å². The van der Waals surface area contributed by atoms with Crippen molar-refractivity contribution in [1.82, 2.24) is 14.7 Å². The Hall–Kier alpha value is -2.53. The van der Waals surface area contributed by atoms with Crippen LogP contribution in [0.5, 0.6) is 11.5 Å². The van der Waals surface area contributed by atoms with Crippen molar-refractivity contribution in [3.8, 4) is 11.5 Å². The Bertz CT molecular complexity index is 864. The molecular weight excluding hydrogens is 443 g/mol. The smallest absolute Gasteiger partial charge is 0.475 e. The van der Waals surface area contributed by atoms with Crippen molar-refractivity contribution < 1.29 is 37.3 Å². The summed E-state index contributed by atoms with van der Waals surface area (Å²) >= 11 is 0. The second-order valence-corrected chi connectivity index (χ2v) is 9.05. The number of rotatable bonds is 4. The molecule has 33 heavy (non-hydrogen) atoms. The molecule has 1 aromatic carbocycles. The van der Waals surface area contributed by atoms with E-state index in [0.29, 0.717) is 18.8 Å². The van der Waals surface area contributed by atoms with Crippen LogP contribution in [0.3, 0.4) is 0 Å². The lowest BCUT2D eigenvalue weighted by atomic mass is 9.79. The highest BCUT2D eigenvalue weighted by Crippen LogP contribution is 2.40. The summed E-state index contributed by atoms with van der Waals surface area (Å²) in [6.07, 6.45) is -1.39. The zero-order valence-corrected chi connectivity index (χ0v) is 18.9. The van der Waals surface area contributed by atoms with Gasteiger partial charge in [0, 0.05) is 33.7 Å². The van der Waals surface area contributed by atoms with Gasteiger partial charge in [0.25, 0.3) is 0 Å². The minimum atomic E-state index is -5.08. The Morgan fingerprint density at radius 3 is 2.42 bits per heavy atom. The maximum absolute atomic E-state index is 12.1. The summed E-state index contributed by atoms with van der Waals surface area (Å²) in [7, 11) is 3.68. The molecule has 4 rings (SSSR count). The number of carbonyl (C=O) groups excluding carboxylic acids is 1. The van der Waals surface area contributed by atoms with Crippen LogP contribution < -0.4 is 9.47 Å². The molecule has 2 saturated heterocycles. The number of amides is 1. The number of likely N-dealkylation sites (tertiary alicyclic amines) is 2. The van der Waals surface area contributed by atoms with E-state index in [1.165, 1.54) is 24.8 Å². The van der Waals surface area contributed by atoms with Crippen molar-refractivity contribution in [2.75, 3.05) is 53.6 Å². The summed E-state index contributed by atoms with van der Waals surface area (Å²) in [5.74, 6) is -0.840. The lowest BCUT2D eigenvalue weighted by Crippen LogP contribution is -2.48. The molecule has 2 fully saturated rings. The van der Waals surface area contributed by atoms with Crippen LogP contribution in [0.25, 0.3) is 0 Å². The van der Waals surface area contributed by atoms with E-state index in [2.05, 4.69) is 21.9 Å². The van der Waals surface area contributed by atoms with Crippen LogP contribution in [0.4, 0.5) is 13.2 Å². The molecule has 0 bridgehead atoms. The molecule has 0 saturated carbocycles. The van der Waals surface area contributed by atoms with E-state index >= 15 is 0 Å². The molecule has 1 amide bonds. The highest BCUT2D eigenvalue weighted by Gasteiger charge is 2.41. The predicted octanol–water partition coefficient (Wildman–Crippen LogP) is 2.42. The quantitative estimate of drug-likeness (QED) is 0.719. The van der Waals surface area contributed by atoms with Gasteiger partial charge in [-0.3, -0.25) is 14.6 Å². The Morgan fingerprint density at radius 2 is 1.76 bits per heavy atom. The number of alkyl halides is 3. The Kier molecular flexibility index (Phi) is 7.73. The molecule has 0 aliphatic carbocycles. The molecule has 1 atom stereocenters. The van der Waals surface area contributed by atoms with E-state index in [-0.39, 0.29) is 5.91 Å². The fraction of sp³-hybridized carbons (Fsp3) is 0.636. The zero-order valence-electron chi connectivity index (χ0n) is 18.9. The average molecular weight is 473 g/mol. The van der Waals surface area contributed by atoms with E-state index in [4.69, 9.17) is 19.4 Å². The number of piperidine rings is 1. The Balaban J connectivity index is 0.000000383. The topological polar surface area (TPSA) is 82.6 Å². The van der Waals surface area contributed by atoms with Gasteiger partial charge < -0.3 is 19.5 Å². The number of hydrogen-bond acceptors (Lipinski definition) is 6. The monoisotopic (exact) mass is 473 g/mol. The second-order valence-electron chi connectivity index (χ2n) is 9.05. The van der Waals surface area contributed by atoms with Crippen LogP contribution in [-0.4, -0.2) is 91.5 Å². The number of halogens is 3. The maximum Gasteiger partial charge on any atom is 0.490 e. The number of likely N-dealkylation sites (N-methyl/N-ethyl adjacent to an activating group) is 1. The lowest BCUT2D eigenvalue weighted by Gasteiger charge is -2.40. The van der Waals surface area contributed by atoms with Gasteiger partial charge in [0.05, 0.1) is 6.54 Å². The van der Waals surface area contributed by atoms with Gasteiger partial charge in [-0.15, -0.1) is 0 Å². The summed E-state index contributed by atoms with van der Waals surface area (Å²) in [5.41, 5.74) is 1.63. The molecule has 11 heteroatoms. The number of hydrogen-bond donors (Lipinski definition) is 1. The lowest BCUT2D eigenvalue weighted by molar-refractivity contribution is -0.192. The van der Waals surface area contributed by atoms with E-state index < -0.39 is 12.1 Å². The molecule has 1 spiro atoms. The van der Waals surface area contributed by atoms with Gasteiger partial charge in [-0.05, 0) is 55.5 Å². The van der Waals surface area contributed by atoms with Crippen LogP contribution in [0.2, 0.25) is 0 Å². The summed E-state index contributed by atoms with van der Waals surface area (Å²) < 4.78 is 42.6. The Morgan fingerprint density at radius 1 is 1.09 bits per heavy atom. The van der Waals surface area contributed by atoms with Crippen LogP contribution >= 0.6 is 0 Å². The highest BCUT2D eigenvalue weighted by molar-refractivity contribution is 5.77. The maximum atomic E-state index is 12.1. The third-order valence-electron chi connectivity index (χ3n) is 6.20. The fourth-order valence-corrected chi connectivity index (χ4v) is 4.57. The first-order valence-electron chi connectivity index (χ1n) is 10.8. The molecule has 8 nitrogen and oxygen atoms in total. The Labute approximate surface area is 190 Å². The molecule has 184 valence electrons. The van der Waals surface area contributed by atoms with Gasteiger partial charge in [-0.2, -0.15) is 13.2 Å². The minimum Gasteiger partial charge on any atom is -0.475 e. The third kappa shape index (κ3) is 6.73. The van der Waals surface area contributed by atoms with E-state index in [9.17, 15) is 18.0 Å². The first-order valence-corrected chi connectivity index (χ1v) is 10.8. The normalized spacial score (nSPS) is 22.7. The summed E-state index contributed by atoms with van der Waals surface area (Å²) in [4.78, 5) is 27.6. The van der Waals surface area contributed by atoms with Crippen LogP contribution in [0.1, 0.15) is 24.8 Å². The summed E-state index contributed by atoms with van der Waals surface area (Å²) in [5, 5.41) is 7.12. The fourth-order valence-electron chi connectivity index (χ4n) is 4.57. The molecule has 3 heterocycles. The molecular formula is C22H30F3N3O5. The number of carboxylic acid groups (broad SMARTS) is 1. The molecule has 1 unspecified atom stereocenters. The third-order valence-corrected chi connectivity index (χ3v) is 6.20. The van der Waals surface area contributed by atoms with E-state index in [1.54, 1.807) is 4.90 Å². The van der Waals surface area contributed by atoms with Gasteiger partial charge in [0.15, 0.2) is 11.5 Å². The number of ether oxygens (including phenoxy) is 2.